The molecule has 1 heterocycles. The number of hydrogen-bond donors (Lipinski definition) is 1. The molecule has 0 unspecified atom stereocenters. The first-order chi connectivity index (χ1) is 16.9. The molecule has 1 aliphatic heterocycles. The van der Waals surface area contributed by atoms with Gasteiger partial charge in [0.2, 0.25) is 0 Å². The molecule has 1 N–H and O–H groups in total. The predicted molar refractivity (Wildman–Crippen MR) is 141 cm³/mol. The van der Waals surface area contributed by atoms with E-state index >= 15 is 0 Å². The van der Waals surface area contributed by atoms with Gasteiger partial charge < -0.3 is 14.8 Å². The van der Waals surface area contributed by atoms with E-state index in [1.54, 1.807) is 31.0 Å². The molecular formula is C28H30ClNO4S. The molecule has 1 aliphatic carbocycles. The number of ether oxygens (including phenoxy) is 2. The summed E-state index contributed by atoms with van der Waals surface area (Å²) in [6.07, 6.45) is 1.07. The van der Waals surface area contributed by atoms with E-state index < -0.39 is 5.92 Å². The Morgan fingerprint density at radius 1 is 1.09 bits per heavy atom. The molecule has 4 rings (SSSR count). The van der Waals surface area contributed by atoms with Gasteiger partial charge >= 0.3 is 5.97 Å². The van der Waals surface area contributed by atoms with E-state index in [0.717, 1.165) is 39.8 Å². The van der Waals surface area contributed by atoms with Gasteiger partial charge in [0.25, 0.3) is 0 Å². The van der Waals surface area contributed by atoms with Crippen LogP contribution in [0.1, 0.15) is 49.7 Å². The van der Waals surface area contributed by atoms with E-state index in [-0.39, 0.29) is 17.7 Å². The Kier molecular flexibility index (Phi) is 8.24. The largest absolute Gasteiger partial charge is 0.497 e. The van der Waals surface area contributed by atoms with Crippen molar-refractivity contribution in [1.82, 2.24) is 5.32 Å². The number of hydrogen-bond acceptors (Lipinski definition) is 6. The molecule has 2 atom stereocenters. The summed E-state index contributed by atoms with van der Waals surface area (Å²) in [4.78, 5) is 26.9. The van der Waals surface area contributed by atoms with Gasteiger partial charge in [-0.05, 0) is 60.4 Å². The predicted octanol–water partition coefficient (Wildman–Crippen LogP) is 6.01. The van der Waals surface area contributed by atoms with Crippen molar-refractivity contribution < 1.29 is 19.1 Å². The summed E-state index contributed by atoms with van der Waals surface area (Å²) in [5.41, 5.74) is 4.68. The first-order valence-electron chi connectivity index (χ1n) is 11.8. The molecule has 35 heavy (non-hydrogen) atoms. The third kappa shape index (κ3) is 5.60. The van der Waals surface area contributed by atoms with Gasteiger partial charge in [-0.25, -0.2) is 4.79 Å². The molecule has 0 saturated heterocycles. The van der Waals surface area contributed by atoms with Crippen LogP contribution in [0.5, 0.6) is 5.75 Å². The lowest BCUT2D eigenvalue weighted by Crippen LogP contribution is -2.36. The van der Waals surface area contributed by atoms with Gasteiger partial charge in [-0.15, -0.1) is 0 Å². The monoisotopic (exact) mass is 511 g/mol. The normalized spacial score (nSPS) is 19.8. The van der Waals surface area contributed by atoms with Crippen LogP contribution in [0, 0.1) is 0 Å². The number of allylic oxidation sites excluding steroid dienone is 3. The molecule has 2 aromatic rings. The summed E-state index contributed by atoms with van der Waals surface area (Å²) in [6.45, 7) is 4.29. The fraction of sp³-hybridized carbons (Fsp3) is 0.357. The van der Waals surface area contributed by atoms with Gasteiger partial charge in [-0.1, -0.05) is 42.8 Å². The number of benzene rings is 2. The average molecular weight is 512 g/mol. The van der Waals surface area contributed by atoms with Crippen LogP contribution in [0.15, 0.2) is 71.1 Å². The van der Waals surface area contributed by atoms with Gasteiger partial charge in [0.1, 0.15) is 12.4 Å². The minimum absolute atomic E-state index is 0.0406. The van der Waals surface area contributed by atoms with E-state index in [1.807, 2.05) is 43.3 Å². The molecule has 0 spiro atoms. The third-order valence-corrected chi connectivity index (χ3v) is 7.62. The van der Waals surface area contributed by atoms with Crippen LogP contribution in [0.3, 0.4) is 0 Å². The highest BCUT2D eigenvalue weighted by molar-refractivity contribution is 7.99. The van der Waals surface area contributed by atoms with E-state index in [0.29, 0.717) is 35.6 Å². The van der Waals surface area contributed by atoms with Crippen molar-refractivity contribution in [2.24, 2.45) is 0 Å². The van der Waals surface area contributed by atoms with Crippen LogP contribution in [-0.2, 0) is 14.3 Å². The second-order valence-corrected chi connectivity index (χ2v) is 10.5. The van der Waals surface area contributed by atoms with E-state index in [4.69, 9.17) is 21.1 Å². The molecule has 0 aromatic heterocycles. The van der Waals surface area contributed by atoms with Crippen molar-refractivity contribution in [3.05, 3.63) is 87.2 Å². The van der Waals surface area contributed by atoms with Crippen molar-refractivity contribution in [1.29, 1.82) is 0 Å². The zero-order valence-electron chi connectivity index (χ0n) is 20.2. The first-order valence-corrected chi connectivity index (χ1v) is 13.3. The quantitative estimate of drug-likeness (QED) is 0.346. The summed E-state index contributed by atoms with van der Waals surface area (Å²) >= 11 is 7.87. The van der Waals surface area contributed by atoms with Gasteiger partial charge in [0, 0.05) is 40.1 Å². The maximum absolute atomic E-state index is 13.6. The highest BCUT2D eigenvalue weighted by atomic mass is 35.5. The number of thioether (sulfide) groups is 1. The van der Waals surface area contributed by atoms with Crippen LogP contribution in [-0.4, -0.2) is 37.0 Å². The summed E-state index contributed by atoms with van der Waals surface area (Å²) in [5.74, 6) is 1.71. The third-order valence-electron chi connectivity index (χ3n) is 6.50. The standard InChI is InChI=1S/C28H30ClNO4S/c1-4-35-14-13-34-28(32)25-17(2)30-23-15-20(18-7-11-22(33-3)12-8-18)16-24(31)27(23)26(25)19-5-9-21(29)10-6-19/h5-12,20,26,30H,4,13-16H2,1-3H3/t20-,26+/m0/s1. The Morgan fingerprint density at radius 2 is 1.77 bits per heavy atom. The van der Waals surface area contributed by atoms with Gasteiger partial charge in [0.05, 0.1) is 12.7 Å². The SMILES string of the molecule is CCSCCOC(=O)C1=C(C)NC2=C(C(=O)C[C@@H](c3ccc(OC)cc3)C2)[C@@H]1c1ccc(Cl)cc1. The van der Waals surface area contributed by atoms with E-state index in [9.17, 15) is 9.59 Å². The second-order valence-electron chi connectivity index (χ2n) is 8.67. The zero-order valence-corrected chi connectivity index (χ0v) is 21.8. The van der Waals surface area contributed by atoms with Gasteiger partial charge in [-0.3, -0.25) is 4.79 Å². The van der Waals surface area contributed by atoms with E-state index in [2.05, 4.69) is 12.2 Å². The number of nitrogens with one attached hydrogen (secondary N) is 1. The van der Waals surface area contributed by atoms with Gasteiger partial charge in [-0.2, -0.15) is 11.8 Å². The van der Waals surface area contributed by atoms with Crippen LogP contribution in [0.25, 0.3) is 0 Å². The summed E-state index contributed by atoms with van der Waals surface area (Å²) in [7, 11) is 1.64. The summed E-state index contributed by atoms with van der Waals surface area (Å²) in [5, 5.41) is 4.00. The van der Waals surface area contributed by atoms with Crippen molar-refractivity contribution >= 4 is 35.1 Å². The molecule has 7 heteroatoms. The number of Topliss-reactive ketones (excluding diaryl/α,β-unsaturated/α-hetero) is 1. The molecular weight excluding hydrogens is 482 g/mol. The minimum atomic E-state index is -0.487. The fourth-order valence-corrected chi connectivity index (χ4v) is 5.44. The molecule has 2 aromatic carbocycles. The molecule has 0 saturated carbocycles. The van der Waals surface area contributed by atoms with Crippen LogP contribution in [0.2, 0.25) is 5.02 Å². The lowest BCUT2D eigenvalue weighted by Gasteiger charge is -2.36. The smallest absolute Gasteiger partial charge is 0.336 e. The number of carbonyl (C=O) groups is 2. The maximum Gasteiger partial charge on any atom is 0.336 e. The highest BCUT2D eigenvalue weighted by Gasteiger charge is 2.41. The number of dihydropyridines is 1. The lowest BCUT2D eigenvalue weighted by molar-refractivity contribution is -0.138. The maximum atomic E-state index is 13.6. The van der Waals surface area contributed by atoms with Crippen molar-refractivity contribution in [2.75, 3.05) is 25.2 Å². The summed E-state index contributed by atoms with van der Waals surface area (Å²) < 4.78 is 10.9. The lowest BCUT2D eigenvalue weighted by atomic mass is 9.72. The Morgan fingerprint density at radius 3 is 2.43 bits per heavy atom. The Balaban J connectivity index is 1.69. The van der Waals surface area contributed by atoms with Crippen molar-refractivity contribution in [2.45, 2.75) is 38.5 Å². The Bertz CT molecular complexity index is 1150. The molecule has 0 fully saturated rings. The van der Waals surface area contributed by atoms with Crippen LogP contribution in [0.4, 0.5) is 0 Å². The van der Waals surface area contributed by atoms with Crippen LogP contribution >= 0.6 is 23.4 Å². The second kappa shape index (κ2) is 11.4. The van der Waals surface area contributed by atoms with E-state index in [1.165, 1.54) is 0 Å². The number of ketones is 1. The molecule has 184 valence electrons. The zero-order chi connectivity index (χ0) is 24.9. The molecule has 0 amide bonds. The molecule has 0 radical (unpaired) electrons. The minimum Gasteiger partial charge on any atom is -0.497 e. The van der Waals surface area contributed by atoms with Gasteiger partial charge in [0.15, 0.2) is 5.78 Å². The topological polar surface area (TPSA) is 64.6 Å². The first kappa shape index (κ1) is 25.4. The van der Waals surface area contributed by atoms with Crippen LogP contribution < -0.4 is 10.1 Å². The summed E-state index contributed by atoms with van der Waals surface area (Å²) in [6, 6.07) is 15.2. The van der Waals surface area contributed by atoms with Crippen molar-refractivity contribution in [3.63, 3.8) is 0 Å². The average Bonchev–Trinajstić information content (AvgIpc) is 2.86. The molecule has 0 bridgehead atoms. The molecule has 5 nitrogen and oxygen atoms in total. The fourth-order valence-electron chi connectivity index (χ4n) is 4.83. The Labute approximate surface area is 215 Å². The highest BCUT2D eigenvalue weighted by Crippen LogP contribution is 2.46. The number of esters is 1. The number of rotatable bonds is 8. The number of halogens is 1. The van der Waals surface area contributed by atoms with Crippen molar-refractivity contribution in [3.8, 4) is 5.75 Å². The number of methoxy groups -OCH3 is 1. The Hall–Kier alpha value is -2.70. The number of carbonyl (C=O) groups excluding carboxylic acids is 2. The molecule has 2 aliphatic rings.